The number of hydrogen-bond acceptors (Lipinski definition) is 4. The molecule has 1 heterocycles. The summed E-state index contributed by atoms with van der Waals surface area (Å²) in [4.78, 5) is 13.6. The third-order valence-corrected chi connectivity index (χ3v) is 4.64. The Morgan fingerprint density at radius 2 is 1.50 bits per heavy atom. The van der Waals surface area contributed by atoms with E-state index in [1.54, 1.807) is 18.2 Å². The van der Waals surface area contributed by atoms with Gasteiger partial charge >= 0.3 is 5.97 Å². The van der Waals surface area contributed by atoms with Crippen molar-refractivity contribution >= 4 is 17.0 Å². The maximum atomic E-state index is 12.4. The summed E-state index contributed by atoms with van der Waals surface area (Å²) in [7, 11) is 0. The van der Waals surface area contributed by atoms with Gasteiger partial charge < -0.3 is 4.74 Å². The van der Waals surface area contributed by atoms with Crippen LogP contribution in [0.4, 0.5) is 17.6 Å². The lowest BCUT2D eigenvalue weighted by molar-refractivity contribution is 0.0498. The van der Waals surface area contributed by atoms with Crippen molar-refractivity contribution in [3.05, 3.63) is 47.1 Å². The Labute approximate surface area is 172 Å². The number of hydrogen-bond donors (Lipinski definition) is 0. The molecule has 0 saturated carbocycles. The monoisotopic (exact) mass is 427 g/mol. The standard InChI is InChI=1S/C21H25F4N3O2/c1-14(19(22)23)7-3-5-11-28-26-17-10-9-16(13-18(17)27-28)21(29)30-12-6-4-8-15(2)20(24)25/h9-10,13H,3-8,11-12H2,1-2H3. The Morgan fingerprint density at radius 3 is 2.13 bits per heavy atom. The van der Waals surface area contributed by atoms with E-state index in [0.717, 1.165) is 0 Å². The summed E-state index contributed by atoms with van der Waals surface area (Å²) in [6, 6.07) is 4.84. The first-order valence-corrected chi connectivity index (χ1v) is 9.81. The Hall–Kier alpha value is -2.71. The minimum atomic E-state index is -1.66. The van der Waals surface area contributed by atoms with Crippen molar-refractivity contribution in [2.75, 3.05) is 6.61 Å². The van der Waals surface area contributed by atoms with Crippen molar-refractivity contribution in [3.8, 4) is 0 Å². The molecule has 2 rings (SSSR count). The molecule has 0 atom stereocenters. The normalized spacial score (nSPS) is 10.9. The number of halogens is 4. The van der Waals surface area contributed by atoms with E-state index in [2.05, 4.69) is 10.2 Å². The van der Waals surface area contributed by atoms with Crippen LogP contribution in [0.5, 0.6) is 0 Å². The number of unbranched alkanes of at least 4 members (excludes halogenated alkanes) is 2. The number of benzene rings is 1. The summed E-state index contributed by atoms with van der Waals surface area (Å²) >= 11 is 0. The number of esters is 1. The van der Waals surface area contributed by atoms with Crippen LogP contribution in [0.15, 0.2) is 41.5 Å². The topological polar surface area (TPSA) is 57.0 Å². The first-order chi connectivity index (χ1) is 14.3. The summed E-state index contributed by atoms with van der Waals surface area (Å²) in [6.45, 7) is 3.44. The molecule has 0 aliphatic carbocycles. The maximum absolute atomic E-state index is 12.4. The third-order valence-electron chi connectivity index (χ3n) is 4.64. The Bertz CT molecular complexity index is 929. The number of carbonyl (C=O) groups excluding carboxylic acids is 1. The van der Waals surface area contributed by atoms with Crippen LogP contribution in [-0.2, 0) is 11.3 Å². The highest BCUT2D eigenvalue weighted by molar-refractivity contribution is 5.93. The second kappa shape index (κ2) is 11.5. The number of allylic oxidation sites excluding steroid dienone is 2. The lowest BCUT2D eigenvalue weighted by atomic mass is 10.1. The van der Waals surface area contributed by atoms with Gasteiger partial charge in [0.05, 0.1) is 18.7 Å². The predicted octanol–water partition coefficient (Wildman–Crippen LogP) is 6.27. The van der Waals surface area contributed by atoms with Crippen LogP contribution >= 0.6 is 0 Å². The maximum Gasteiger partial charge on any atom is 0.338 e. The highest BCUT2D eigenvalue weighted by atomic mass is 19.3. The van der Waals surface area contributed by atoms with Crippen molar-refractivity contribution in [2.45, 2.75) is 58.9 Å². The minimum Gasteiger partial charge on any atom is -0.462 e. The molecule has 1 aromatic carbocycles. The van der Waals surface area contributed by atoms with Crippen LogP contribution in [0.25, 0.3) is 11.0 Å². The molecule has 1 aromatic heterocycles. The van der Waals surface area contributed by atoms with Crippen LogP contribution in [0, 0.1) is 0 Å². The zero-order chi connectivity index (χ0) is 22.1. The fourth-order valence-corrected chi connectivity index (χ4v) is 2.76. The summed E-state index contributed by atoms with van der Waals surface area (Å²) in [6.07, 6.45) is -0.419. The Kier molecular flexibility index (Phi) is 9.01. The highest BCUT2D eigenvalue weighted by Crippen LogP contribution is 2.17. The summed E-state index contributed by atoms with van der Waals surface area (Å²) in [5.41, 5.74) is 1.64. The molecular formula is C21H25F4N3O2. The fraction of sp³-hybridized carbons (Fsp3) is 0.476. The van der Waals surface area contributed by atoms with E-state index in [1.807, 2.05) is 0 Å². The van der Waals surface area contributed by atoms with Gasteiger partial charge in [0.2, 0.25) is 0 Å². The van der Waals surface area contributed by atoms with Gasteiger partial charge in [-0.1, -0.05) is 0 Å². The molecule has 9 heteroatoms. The number of aromatic nitrogens is 3. The van der Waals surface area contributed by atoms with Gasteiger partial charge in [-0.25, -0.2) is 4.79 Å². The van der Waals surface area contributed by atoms with Crippen molar-refractivity contribution in [1.82, 2.24) is 15.0 Å². The van der Waals surface area contributed by atoms with E-state index in [1.165, 1.54) is 18.6 Å². The number of nitrogens with zero attached hydrogens (tertiary/aromatic N) is 3. The number of carbonyl (C=O) groups is 1. The molecule has 2 aromatic rings. The quantitative estimate of drug-likeness (QED) is 0.241. The molecule has 0 saturated heterocycles. The van der Waals surface area contributed by atoms with E-state index in [0.29, 0.717) is 55.2 Å². The van der Waals surface area contributed by atoms with Gasteiger partial charge in [0.15, 0.2) is 0 Å². The van der Waals surface area contributed by atoms with Gasteiger partial charge in [-0.15, -0.1) is 0 Å². The zero-order valence-electron chi connectivity index (χ0n) is 17.1. The summed E-state index contributed by atoms with van der Waals surface area (Å²) in [5.74, 6) is -0.508. The van der Waals surface area contributed by atoms with E-state index in [9.17, 15) is 22.4 Å². The van der Waals surface area contributed by atoms with Crippen molar-refractivity contribution in [2.24, 2.45) is 0 Å². The largest absolute Gasteiger partial charge is 0.462 e. The molecule has 0 fully saturated rings. The molecule has 0 bridgehead atoms. The van der Waals surface area contributed by atoms with Crippen molar-refractivity contribution < 1.29 is 27.1 Å². The number of fused-ring (bicyclic) bond motifs is 1. The second-order valence-corrected chi connectivity index (χ2v) is 7.13. The van der Waals surface area contributed by atoms with Crippen LogP contribution in [0.1, 0.15) is 62.7 Å². The van der Waals surface area contributed by atoms with Gasteiger partial charge in [0.1, 0.15) is 11.0 Å². The molecule has 0 radical (unpaired) electrons. The predicted molar refractivity (Wildman–Crippen MR) is 105 cm³/mol. The van der Waals surface area contributed by atoms with Gasteiger partial charge in [0.25, 0.3) is 12.2 Å². The number of rotatable bonds is 11. The van der Waals surface area contributed by atoms with E-state index < -0.39 is 18.1 Å². The molecule has 0 aliphatic heterocycles. The molecule has 164 valence electrons. The van der Waals surface area contributed by atoms with E-state index in [4.69, 9.17) is 4.74 Å². The van der Waals surface area contributed by atoms with Gasteiger partial charge in [0, 0.05) is 0 Å². The van der Waals surface area contributed by atoms with Crippen LogP contribution in [0.2, 0.25) is 0 Å². The average Bonchev–Trinajstić information content (AvgIpc) is 3.12. The van der Waals surface area contributed by atoms with E-state index in [-0.39, 0.29) is 24.2 Å². The lowest BCUT2D eigenvalue weighted by Gasteiger charge is -2.05. The molecular weight excluding hydrogens is 402 g/mol. The first-order valence-electron chi connectivity index (χ1n) is 9.81. The van der Waals surface area contributed by atoms with Gasteiger partial charge in [-0.2, -0.15) is 32.6 Å². The number of aryl methyl sites for hydroxylation is 1. The third kappa shape index (κ3) is 7.27. The highest BCUT2D eigenvalue weighted by Gasteiger charge is 2.11. The first kappa shape index (κ1) is 23.6. The fourth-order valence-electron chi connectivity index (χ4n) is 2.76. The molecule has 5 nitrogen and oxygen atoms in total. The molecule has 0 N–H and O–H groups in total. The molecule has 0 amide bonds. The average molecular weight is 427 g/mol. The minimum absolute atomic E-state index is 0.0519. The zero-order valence-corrected chi connectivity index (χ0v) is 17.1. The smallest absolute Gasteiger partial charge is 0.338 e. The van der Waals surface area contributed by atoms with Gasteiger partial charge in [-0.05, 0) is 81.7 Å². The number of ether oxygens (including phenoxy) is 1. The lowest BCUT2D eigenvalue weighted by Crippen LogP contribution is -2.06. The van der Waals surface area contributed by atoms with Crippen LogP contribution in [0.3, 0.4) is 0 Å². The van der Waals surface area contributed by atoms with Crippen molar-refractivity contribution in [3.63, 3.8) is 0 Å². The van der Waals surface area contributed by atoms with E-state index >= 15 is 0 Å². The molecule has 0 aliphatic rings. The van der Waals surface area contributed by atoms with Crippen LogP contribution in [-0.4, -0.2) is 27.6 Å². The molecule has 0 spiro atoms. The molecule has 0 unspecified atom stereocenters. The Morgan fingerprint density at radius 1 is 0.900 bits per heavy atom. The summed E-state index contributed by atoms with van der Waals surface area (Å²) < 4.78 is 54.6. The summed E-state index contributed by atoms with van der Waals surface area (Å²) in [5, 5.41) is 8.62. The molecule has 30 heavy (non-hydrogen) atoms. The van der Waals surface area contributed by atoms with Crippen molar-refractivity contribution in [1.29, 1.82) is 0 Å². The Balaban J connectivity index is 1.82. The van der Waals surface area contributed by atoms with Crippen LogP contribution < -0.4 is 0 Å². The second-order valence-electron chi connectivity index (χ2n) is 7.13. The van der Waals surface area contributed by atoms with Gasteiger partial charge in [-0.3, -0.25) is 0 Å². The SMILES string of the molecule is CC(CCCCOC(=O)c1ccc2nn(CCCCC(C)=C(F)F)nc2c1)=C(F)F.